The Bertz CT molecular complexity index is 932. The maximum Gasteiger partial charge on any atom is 0.343 e. The van der Waals surface area contributed by atoms with Gasteiger partial charge in [0.05, 0.1) is 5.56 Å². The molecule has 3 aromatic rings. The second-order valence-electron chi connectivity index (χ2n) is 5.43. The number of hydrogen-bond acceptors (Lipinski definition) is 6. The third kappa shape index (κ3) is 4.58. The Morgan fingerprint density at radius 3 is 2.62 bits per heavy atom. The van der Waals surface area contributed by atoms with Crippen LogP contribution in [0.5, 0.6) is 5.75 Å². The largest absolute Gasteiger partial charge is 0.423 e. The van der Waals surface area contributed by atoms with Crippen LogP contribution in [0.25, 0.3) is 0 Å². The number of carbonyl (C=O) groups is 1. The second kappa shape index (κ2) is 7.97. The number of anilines is 2. The summed E-state index contributed by atoms with van der Waals surface area (Å²) in [5.41, 5.74) is 1.85. The number of aryl methyl sites for hydroxylation is 1. The van der Waals surface area contributed by atoms with E-state index in [1.807, 2.05) is 25.3 Å². The van der Waals surface area contributed by atoms with Gasteiger partial charge in [-0.05, 0) is 49.6 Å². The standard InChI is InChI=1S/C19H16FN3O2S/c1-12-10-17(23-19(21-12)26-2)22-15-4-3-5-16(11-15)25-18(24)13-6-8-14(20)9-7-13/h3-11H,1-2H3,(H,21,22,23). The number of benzene rings is 2. The SMILES string of the molecule is CSc1nc(C)cc(Nc2cccc(OC(=O)c3ccc(F)cc3)c2)n1. The van der Waals surface area contributed by atoms with E-state index < -0.39 is 11.8 Å². The van der Waals surface area contributed by atoms with Crippen LogP contribution in [0.15, 0.2) is 59.8 Å². The van der Waals surface area contributed by atoms with Crippen molar-refractivity contribution >= 4 is 29.2 Å². The molecule has 0 saturated heterocycles. The van der Waals surface area contributed by atoms with Crippen molar-refractivity contribution in [2.24, 2.45) is 0 Å². The molecule has 0 aliphatic carbocycles. The number of esters is 1. The molecule has 0 aliphatic heterocycles. The van der Waals surface area contributed by atoms with Crippen LogP contribution in [-0.2, 0) is 0 Å². The minimum Gasteiger partial charge on any atom is -0.423 e. The van der Waals surface area contributed by atoms with Crippen molar-refractivity contribution < 1.29 is 13.9 Å². The van der Waals surface area contributed by atoms with Crippen LogP contribution in [0.2, 0.25) is 0 Å². The number of ether oxygens (including phenoxy) is 1. The van der Waals surface area contributed by atoms with Crippen LogP contribution in [-0.4, -0.2) is 22.2 Å². The predicted molar refractivity (Wildman–Crippen MR) is 99.6 cm³/mol. The summed E-state index contributed by atoms with van der Waals surface area (Å²) < 4.78 is 18.3. The molecule has 0 fully saturated rings. The number of rotatable bonds is 5. The molecule has 1 N–H and O–H groups in total. The first kappa shape index (κ1) is 17.9. The number of nitrogens with zero attached hydrogens (tertiary/aromatic N) is 2. The van der Waals surface area contributed by atoms with Gasteiger partial charge in [0, 0.05) is 23.5 Å². The Balaban J connectivity index is 1.75. The van der Waals surface area contributed by atoms with Gasteiger partial charge in [0.15, 0.2) is 5.16 Å². The summed E-state index contributed by atoms with van der Waals surface area (Å²) in [4.78, 5) is 20.8. The molecule has 7 heteroatoms. The molecule has 1 heterocycles. The molecule has 2 aromatic carbocycles. The summed E-state index contributed by atoms with van der Waals surface area (Å²) in [6.45, 7) is 1.90. The molecule has 5 nitrogen and oxygen atoms in total. The van der Waals surface area contributed by atoms with Crippen molar-refractivity contribution in [2.75, 3.05) is 11.6 Å². The highest BCUT2D eigenvalue weighted by Gasteiger charge is 2.09. The van der Waals surface area contributed by atoms with Crippen LogP contribution < -0.4 is 10.1 Å². The van der Waals surface area contributed by atoms with E-state index in [0.29, 0.717) is 16.7 Å². The Labute approximate surface area is 154 Å². The zero-order valence-corrected chi connectivity index (χ0v) is 15.0. The van der Waals surface area contributed by atoms with Gasteiger partial charge in [0.1, 0.15) is 17.4 Å². The number of aromatic nitrogens is 2. The molecule has 0 radical (unpaired) electrons. The van der Waals surface area contributed by atoms with Gasteiger partial charge in [-0.25, -0.2) is 19.2 Å². The van der Waals surface area contributed by atoms with Gasteiger partial charge < -0.3 is 10.1 Å². The van der Waals surface area contributed by atoms with E-state index in [-0.39, 0.29) is 5.56 Å². The van der Waals surface area contributed by atoms with Crippen LogP contribution in [0.4, 0.5) is 15.9 Å². The fraction of sp³-hybridized carbons (Fsp3) is 0.105. The van der Waals surface area contributed by atoms with E-state index in [1.54, 1.807) is 18.2 Å². The normalized spacial score (nSPS) is 10.4. The topological polar surface area (TPSA) is 64.1 Å². The van der Waals surface area contributed by atoms with E-state index in [1.165, 1.54) is 36.0 Å². The lowest BCUT2D eigenvalue weighted by Crippen LogP contribution is -2.08. The van der Waals surface area contributed by atoms with E-state index in [0.717, 1.165) is 11.4 Å². The van der Waals surface area contributed by atoms with E-state index in [2.05, 4.69) is 15.3 Å². The summed E-state index contributed by atoms with van der Waals surface area (Å²) in [5, 5.41) is 3.85. The Morgan fingerprint density at radius 2 is 1.88 bits per heavy atom. The van der Waals surface area contributed by atoms with Gasteiger partial charge in [-0.15, -0.1) is 0 Å². The fourth-order valence-electron chi connectivity index (χ4n) is 2.23. The highest BCUT2D eigenvalue weighted by molar-refractivity contribution is 7.98. The highest BCUT2D eigenvalue weighted by Crippen LogP contribution is 2.23. The van der Waals surface area contributed by atoms with E-state index in [4.69, 9.17) is 4.74 Å². The van der Waals surface area contributed by atoms with Crippen LogP contribution in [0.3, 0.4) is 0 Å². The maximum atomic E-state index is 12.9. The number of carbonyl (C=O) groups excluding carboxylic acids is 1. The molecule has 26 heavy (non-hydrogen) atoms. The van der Waals surface area contributed by atoms with Gasteiger partial charge in [-0.3, -0.25) is 0 Å². The summed E-state index contributed by atoms with van der Waals surface area (Å²) >= 11 is 1.46. The van der Waals surface area contributed by atoms with Gasteiger partial charge in [0.2, 0.25) is 0 Å². The molecule has 0 bridgehead atoms. The lowest BCUT2D eigenvalue weighted by molar-refractivity contribution is 0.0735. The molecular formula is C19H16FN3O2S. The van der Waals surface area contributed by atoms with Gasteiger partial charge >= 0.3 is 5.97 Å². The summed E-state index contributed by atoms with van der Waals surface area (Å²) in [6, 6.07) is 14.0. The average Bonchev–Trinajstić information content (AvgIpc) is 2.62. The van der Waals surface area contributed by atoms with Crippen molar-refractivity contribution in [2.45, 2.75) is 12.1 Å². The third-order valence-corrected chi connectivity index (χ3v) is 3.96. The first-order valence-electron chi connectivity index (χ1n) is 7.78. The van der Waals surface area contributed by atoms with Crippen molar-refractivity contribution in [3.8, 4) is 5.75 Å². The minimum atomic E-state index is -0.551. The zero-order chi connectivity index (χ0) is 18.5. The lowest BCUT2D eigenvalue weighted by Gasteiger charge is -2.10. The Hall–Kier alpha value is -2.93. The smallest absolute Gasteiger partial charge is 0.343 e. The predicted octanol–water partition coefficient (Wildman–Crippen LogP) is 4.61. The summed E-state index contributed by atoms with van der Waals surface area (Å²) in [6.07, 6.45) is 1.91. The number of thioether (sulfide) groups is 1. The Morgan fingerprint density at radius 1 is 1.12 bits per heavy atom. The quantitative estimate of drug-likeness (QED) is 0.307. The molecule has 0 amide bonds. The molecule has 3 rings (SSSR count). The number of nitrogens with one attached hydrogen (secondary N) is 1. The number of halogens is 1. The molecule has 0 atom stereocenters. The van der Waals surface area contributed by atoms with Crippen LogP contribution >= 0.6 is 11.8 Å². The summed E-state index contributed by atoms with van der Waals surface area (Å²) in [7, 11) is 0. The first-order chi connectivity index (χ1) is 12.5. The van der Waals surface area contributed by atoms with Crippen molar-refractivity contribution in [1.29, 1.82) is 0 Å². The van der Waals surface area contributed by atoms with Crippen molar-refractivity contribution in [1.82, 2.24) is 9.97 Å². The molecule has 132 valence electrons. The van der Waals surface area contributed by atoms with E-state index in [9.17, 15) is 9.18 Å². The second-order valence-corrected chi connectivity index (χ2v) is 6.20. The number of hydrogen-bond donors (Lipinski definition) is 1. The van der Waals surface area contributed by atoms with Crippen molar-refractivity contribution in [3.63, 3.8) is 0 Å². The van der Waals surface area contributed by atoms with E-state index >= 15 is 0 Å². The summed E-state index contributed by atoms with van der Waals surface area (Å²) in [5.74, 6) is 0.0752. The molecular weight excluding hydrogens is 353 g/mol. The highest BCUT2D eigenvalue weighted by atomic mass is 32.2. The maximum absolute atomic E-state index is 12.9. The van der Waals surface area contributed by atoms with Crippen molar-refractivity contribution in [3.05, 3.63) is 71.7 Å². The average molecular weight is 369 g/mol. The zero-order valence-electron chi connectivity index (χ0n) is 14.2. The minimum absolute atomic E-state index is 0.279. The lowest BCUT2D eigenvalue weighted by atomic mass is 10.2. The molecule has 0 spiro atoms. The van der Waals surface area contributed by atoms with Gasteiger partial charge in [-0.1, -0.05) is 17.8 Å². The Kier molecular flexibility index (Phi) is 5.48. The monoisotopic (exact) mass is 369 g/mol. The fourth-order valence-corrected chi connectivity index (χ4v) is 2.66. The molecule has 0 aliphatic rings. The molecule has 0 unspecified atom stereocenters. The van der Waals surface area contributed by atoms with Gasteiger partial charge in [0.25, 0.3) is 0 Å². The van der Waals surface area contributed by atoms with Crippen LogP contribution in [0, 0.1) is 12.7 Å². The molecule has 1 aromatic heterocycles. The molecule has 0 saturated carbocycles. The first-order valence-corrected chi connectivity index (χ1v) is 9.00. The van der Waals surface area contributed by atoms with Gasteiger partial charge in [-0.2, -0.15) is 0 Å². The third-order valence-electron chi connectivity index (χ3n) is 3.41. The van der Waals surface area contributed by atoms with Crippen LogP contribution in [0.1, 0.15) is 16.1 Å².